The van der Waals surface area contributed by atoms with Gasteiger partial charge in [-0.1, -0.05) is 66.7 Å². The molecule has 3 aromatic rings. The third kappa shape index (κ3) is 7.12. The fourth-order valence-electron chi connectivity index (χ4n) is 3.78. The zero-order chi connectivity index (χ0) is 24.3. The lowest BCUT2D eigenvalue weighted by Crippen LogP contribution is -2.49. The molecule has 0 aliphatic rings. The van der Waals surface area contributed by atoms with E-state index in [1.165, 1.54) is 12.7 Å². The van der Waals surface area contributed by atoms with E-state index in [1.807, 2.05) is 37.4 Å². The number of amides is 2. The number of hydrogen-bond donors (Lipinski definition) is 2. The van der Waals surface area contributed by atoms with Gasteiger partial charge in [0.2, 0.25) is 5.91 Å². The average Bonchev–Trinajstić information content (AvgIpc) is 2.87. The molecule has 3 aromatic carbocycles. The summed E-state index contributed by atoms with van der Waals surface area (Å²) in [5.41, 5.74) is 3.90. The van der Waals surface area contributed by atoms with E-state index in [0.717, 1.165) is 16.9 Å². The molecule has 6 heteroatoms. The summed E-state index contributed by atoms with van der Waals surface area (Å²) in [7, 11) is 1.53. The summed E-state index contributed by atoms with van der Waals surface area (Å²) >= 11 is 1.64. The molecule has 0 unspecified atom stereocenters. The molecule has 0 heterocycles. The maximum absolute atomic E-state index is 13.0. The van der Waals surface area contributed by atoms with Gasteiger partial charge in [-0.25, -0.2) is 0 Å². The highest BCUT2D eigenvalue weighted by Gasteiger charge is 2.23. The van der Waals surface area contributed by atoms with Crippen LogP contribution in [0.5, 0.6) is 5.75 Å². The van der Waals surface area contributed by atoms with Crippen molar-refractivity contribution in [2.45, 2.75) is 31.8 Å². The quantitative estimate of drug-likeness (QED) is 0.410. The smallest absolute Gasteiger partial charge is 0.255 e. The van der Waals surface area contributed by atoms with Gasteiger partial charge in [0.05, 0.1) is 12.7 Å². The molecular weight excluding hydrogens is 444 g/mol. The lowest BCUT2D eigenvalue weighted by molar-refractivity contribution is -0.123. The summed E-state index contributed by atoms with van der Waals surface area (Å²) in [6.07, 6.45) is 3.24. The minimum absolute atomic E-state index is 0.0741. The molecule has 0 aliphatic carbocycles. The summed E-state index contributed by atoms with van der Waals surface area (Å²) in [5.74, 6) is 0.754. The van der Waals surface area contributed by atoms with Crippen molar-refractivity contribution < 1.29 is 14.3 Å². The predicted octanol–water partition coefficient (Wildman–Crippen LogP) is 4.96. The minimum Gasteiger partial charge on any atom is -0.496 e. The van der Waals surface area contributed by atoms with E-state index in [0.29, 0.717) is 24.2 Å². The first-order chi connectivity index (χ1) is 16.5. The van der Waals surface area contributed by atoms with Gasteiger partial charge in [0.15, 0.2) is 0 Å². The third-order valence-corrected chi connectivity index (χ3v) is 6.22. The number of thioether (sulfide) groups is 1. The normalized spacial score (nSPS) is 12.4. The van der Waals surface area contributed by atoms with Crippen molar-refractivity contribution in [3.63, 3.8) is 0 Å². The standard InChI is InChI=1S/C28H32N2O3S/c1-20(19-21-13-15-23(16-14-21)22-9-5-4-6-10-22)29-28(32)25(17-18-34-3)30-27(31)24-11-7-8-12-26(24)33-2/h4-16,20,25H,17-19H2,1-3H3,(H,29,32)(H,30,31)/t20-,25-/m0/s1. The Bertz CT molecular complexity index is 1070. The van der Waals surface area contributed by atoms with Crippen molar-refractivity contribution >= 4 is 23.6 Å². The van der Waals surface area contributed by atoms with Crippen molar-refractivity contribution in [1.82, 2.24) is 10.6 Å². The zero-order valence-electron chi connectivity index (χ0n) is 19.9. The molecular formula is C28H32N2O3S. The van der Waals surface area contributed by atoms with Crippen LogP contribution < -0.4 is 15.4 Å². The Morgan fingerprint density at radius 1 is 0.882 bits per heavy atom. The van der Waals surface area contributed by atoms with Gasteiger partial charge in [0.25, 0.3) is 5.91 Å². The second-order valence-corrected chi connectivity index (χ2v) is 9.17. The summed E-state index contributed by atoms with van der Waals surface area (Å²) in [4.78, 5) is 25.9. The fraction of sp³-hybridized carbons (Fsp3) is 0.286. The molecule has 34 heavy (non-hydrogen) atoms. The number of methoxy groups -OCH3 is 1. The lowest BCUT2D eigenvalue weighted by atomic mass is 10.0. The summed E-state index contributed by atoms with van der Waals surface area (Å²) in [6, 6.07) is 25.0. The Balaban J connectivity index is 1.61. The average molecular weight is 477 g/mol. The molecule has 2 amide bonds. The molecule has 0 saturated carbocycles. The molecule has 0 fully saturated rings. The highest BCUT2D eigenvalue weighted by atomic mass is 32.2. The first kappa shape index (κ1) is 25.4. The van der Waals surface area contributed by atoms with Gasteiger partial charge in [-0.05, 0) is 60.6 Å². The summed E-state index contributed by atoms with van der Waals surface area (Å²) in [6.45, 7) is 1.98. The number of nitrogens with one attached hydrogen (secondary N) is 2. The number of hydrogen-bond acceptors (Lipinski definition) is 4. The van der Waals surface area contributed by atoms with Crippen LogP contribution in [0.2, 0.25) is 0 Å². The van der Waals surface area contributed by atoms with Crippen LogP contribution in [0.15, 0.2) is 78.9 Å². The number of para-hydroxylation sites is 1. The van der Waals surface area contributed by atoms with Crippen molar-refractivity contribution in [2.75, 3.05) is 19.1 Å². The third-order valence-electron chi connectivity index (χ3n) is 5.58. The molecule has 3 rings (SSSR count). The number of carbonyl (C=O) groups excluding carboxylic acids is 2. The van der Waals surface area contributed by atoms with E-state index in [1.54, 1.807) is 30.0 Å². The van der Waals surface area contributed by atoms with Gasteiger partial charge < -0.3 is 15.4 Å². The Kier molecular flexibility index (Phi) is 9.59. The number of carbonyl (C=O) groups is 2. The molecule has 0 saturated heterocycles. The van der Waals surface area contributed by atoms with Crippen LogP contribution in [0.4, 0.5) is 0 Å². The molecule has 0 aliphatic heterocycles. The first-order valence-electron chi connectivity index (χ1n) is 11.4. The molecule has 178 valence electrons. The minimum atomic E-state index is -0.618. The van der Waals surface area contributed by atoms with E-state index >= 15 is 0 Å². The zero-order valence-corrected chi connectivity index (χ0v) is 20.7. The van der Waals surface area contributed by atoms with Crippen LogP contribution in [0.1, 0.15) is 29.3 Å². The topological polar surface area (TPSA) is 67.4 Å². The fourth-order valence-corrected chi connectivity index (χ4v) is 4.26. The predicted molar refractivity (Wildman–Crippen MR) is 140 cm³/mol. The maximum atomic E-state index is 13.0. The number of benzene rings is 3. The van der Waals surface area contributed by atoms with Gasteiger partial charge in [-0.15, -0.1) is 0 Å². The highest BCUT2D eigenvalue weighted by molar-refractivity contribution is 7.98. The van der Waals surface area contributed by atoms with Gasteiger partial charge in [0.1, 0.15) is 11.8 Å². The second kappa shape index (κ2) is 12.8. The Morgan fingerprint density at radius 2 is 1.53 bits per heavy atom. The molecule has 0 radical (unpaired) electrons. The number of ether oxygens (including phenoxy) is 1. The van der Waals surface area contributed by atoms with Crippen molar-refractivity contribution in [3.8, 4) is 16.9 Å². The van der Waals surface area contributed by atoms with Crippen LogP contribution in [0, 0.1) is 0 Å². The van der Waals surface area contributed by atoms with Crippen LogP contribution in [-0.2, 0) is 11.2 Å². The van der Waals surface area contributed by atoms with E-state index in [-0.39, 0.29) is 17.9 Å². The van der Waals surface area contributed by atoms with E-state index < -0.39 is 6.04 Å². The Labute approximate surface area is 206 Å². The molecule has 0 spiro atoms. The lowest BCUT2D eigenvalue weighted by Gasteiger charge is -2.22. The van der Waals surface area contributed by atoms with Crippen molar-refractivity contribution in [1.29, 1.82) is 0 Å². The Hall–Kier alpha value is -3.25. The SMILES string of the molecule is COc1ccccc1C(=O)N[C@@H](CCSC)C(=O)N[C@@H](C)Cc1ccc(-c2ccccc2)cc1. The molecule has 2 atom stereocenters. The van der Waals surface area contributed by atoms with Gasteiger partial charge in [-0.3, -0.25) is 9.59 Å². The molecule has 5 nitrogen and oxygen atoms in total. The number of rotatable bonds is 11. The maximum Gasteiger partial charge on any atom is 0.255 e. The molecule has 2 N–H and O–H groups in total. The van der Waals surface area contributed by atoms with Crippen LogP contribution in [0.25, 0.3) is 11.1 Å². The van der Waals surface area contributed by atoms with Crippen molar-refractivity contribution in [3.05, 3.63) is 90.0 Å². The van der Waals surface area contributed by atoms with Crippen LogP contribution in [0.3, 0.4) is 0 Å². The largest absolute Gasteiger partial charge is 0.496 e. The Morgan fingerprint density at radius 3 is 2.21 bits per heavy atom. The molecule has 0 bridgehead atoms. The molecule has 0 aromatic heterocycles. The monoisotopic (exact) mass is 476 g/mol. The van der Waals surface area contributed by atoms with E-state index in [9.17, 15) is 9.59 Å². The van der Waals surface area contributed by atoms with Gasteiger partial charge in [-0.2, -0.15) is 11.8 Å². The van der Waals surface area contributed by atoms with E-state index in [2.05, 4.69) is 47.0 Å². The van der Waals surface area contributed by atoms with Crippen LogP contribution >= 0.6 is 11.8 Å². The van der Waals surface area contributed by atoms with E-state index in [4.69, 9.17) is 4.74 Å². The summed E-state index contributed by atoms with van der Waals surface area (Å²) < 4.78 is 5.29. The van der Waals surface area contributed by atoms with Gasteiger partial charge >= 0.3 is 0 Å². The summed E-state index contributed by atoms with van der Waals surface area (Å²) in [5, 5.41) is 5.97. The second-order valence-electron chi connectivity index (χ2n) is 8.18. The van der Waals surface area contributed by atoms with Gasteiger partial charge in [0, 0.05) is 6.04 Å². The highest BCUT2D eigenvalue weighted by Crippen LogP contribution is 2.20. The van der Waals surface area contributed by atoms with Crippen LogP contribution in [-0.4, -0.2) is 43.0 Å². The first-order valence-corrected chi connectivity index (χ1v) is 12.8. The van der Waals surface area contributed by atoms with Crippen molar-refractivity contribution in [2.24, 2.45) is 0 Å².